The first-order valence-corrected chi connectivity index (χ1v) is 6.01. The third-order valence-electron chi connectivity index (χ3n) is 2.77. The highest BCUT2D eigenvalue weighted by Crippen LogP contribution is 2.10. The zero-order chi connectivity index (χ0) is 14.5. The number of rotatable bonds is 3. The molecule has 0 saturated heterocycles. The van der Waals surface area contributed by atoms with Crippen molar-refractivity contribution in [2.45, 2.75) is 6.92 Å². The van der Waals surface area contributed by atoms with Crippen molar-refractivity contribution in [3.63, 3.8) is 0 Å². The van der Waals surface area contributed by atoms with E-state index in [0.717, 1.165) is 0 Å². The third kappa shape index (κ3) is 2.98. The lowest BCUT2D eigenvalue weighted by molar-refractivity contribution is -0.132. The summed E-state index contributed by atoms with van der Waals surface area (Å²) in [6.07, 6.45) is 0. The molecule has 0 unspecified atom stereocenters. The molecule has 0 aromatic heterocycles. The van der Waals surface area contributed by atoms with Crippen molar-refractivity contribution in [2.75, 3.05) is 0 Å². The van der Waals surface area contributed by atoms with Crippen LogP contribution in [-0.4, -0.2) is 17.7 Å². The molecule has 4 heteroatoms. The summed E-state index contributed by atoms with van der Waals surface area (Å²) in [6, 6.07) is 14.7. The molecule has 0 spiro atoms. The lowest BCUT2D eigenvalue weighted by Crippen LogP contribution is -2.22. The molecule has 0 aliphatic heterocycles. The molecular weight excluding hydrogens is 256 g/mol. The van der Waals surface area contributed by atoms with Crippen LogP contribution in [0, 0.1) is 6.92 Å². The number of esters is 2. The Labute approximate surface area is 116 Å². The fraction of sp³-hybridized carbons (Fsp3) is 0.0625. The van der Waals surface area contributed by atoms with Gasteiger partial charge in [-0.15, -0.1) is 0 Å². The Morgan fingerprint density at radius 3 is 2.10 bits per heavy atom. The molecule has 2 aromatic rings. The molecule has 100 valence electrons. The van der Waals surface area contributed by atoms with E-state index in [4.69, 9.17) is 0 Å². The smallest absolute Gasteiger partial charge is 0.383 e. The van der Waals surface area contributed by atoms with E-state index >= 15 is 0 Å². The maximum atomic E-state index is 11.9. The van der Waals surface area contributed by atoms with E-state index in [9.17, 15) is 14.4 Å². The van der Waals surface area contributed by atoms with Gasteiger partial charge >= 0.3 is 11.9 Å². The van der Waals surface area contributed by atoms with Gasteiger partial charge in [0.25, 0.3) is 5.78 Å². The van der Waals surface area contributed by atoms with Crippen molar-refractivity contribution in [3.8, 4) is 0 Å². The fourth-order valence-corrected chi connectivity index (χ4v) is 1.70. The molecule has 0 N–H and O–H groups in total. The van der Waals surface area contributed by atoms with Crippen LogP contribution < -0.4 is 0 Å². The molecule has 0 aliphatic carbocycles. The summed E-state index contributed by atoms with van der Waals surface area (Å²) >= 11 is 0. The van der Waals surface area contributed by atoms with Crippen LogP contribution in [0.3, 0.4) is 0 Å². The van der Waals surface area contributed by atoms with Gasteiger partial charge in [0.2, 0.25) is 0 Å². The Morgan fingerprint density at radius 1 is 0.850 bits per heavy atom. The molecular formula is C16H12O4. The Hall–Kier alpha value is -2.75. The molecule has 0 aliphatic rings. The van der Waals surface area contributed by atoms with Crippen molar-refractivity contribution >= 4 is 17.7 Å². The topological polar surface area (TPSA) is 60.4 Å². The van der Waals surface area contributed by atoms with Gasteiger partial charge in [-0.25, -0.2) is 9.59 Å². The Morgan fingerprint density at radius 2 is 1.45 bits per heavy atom. The van der Waals surface area contributed by atoms with E-state index in [1.165, 1.54) is 18.2 Å². The minimum Gasteiger partial charge on any atom is -0.383 e. The maximum absolute atomic E-state index is 11.9. The number of benzene rings is 2. The molecule has 4 nitrogen and oxygen atoms in total. The van der Waals surface area contributed by atoms with Gasteiger partial charge in [-0.05, 0) is 24.6 Å². The number of ketones is 1. The van der Waals surface area contributed by atoms with Gasteiger partial charge in [0, 0.05) is 5.56 Å². The lowest BCUT2D eigenvalue weighted by Gasteiger charge is -2.04. The standard InChI is InChI=1S/C16H12O4/c1-11-7-5-6-10-13(11)14(17)16(19)20-15(18)12-8-3-2-4-9-12/h2-10H,1H3. The summed E-state index contributed by atoms with van der Waals surface area (Å²) in [4.78, 5) is 35.3. The van der Waals surface area contributed by atoms with Crippen LogP contribution in [0.25, 0.3) is 0 Å². The average Bonchev–Trinajstić information content (AvgIpc) is 2.48. The number of carbonyl (C=O) groups is 3. The molecule has 0 fully saturated rings. The second-order valence-electron chi connectivity index (χ2n) is 4.19. The zero-order valence-corrected chi connectivity index (χ0v) is 10.8. The minimum absolute atomic E-state index is 0.221. The Bertz CT molecular complexity index is 659. The normalized spacial score (nSPS) is 9.85. The van der Waals surface area contributed by atoms with Crippen molar-refractivity contribution in [1.82, 2.24) is 0 Å². The molecule has 2 rings (SSSR count). The van der Waals surface area contributed by atoms with Crippen LogP contribution in [0.1, 0.15) is 26.3 Å². The van der Waals surface area contributed by atoms with Gasteiger partial charge in [0.05, 0.1) is 5.56 Å². The molecule has 0 saturated carbocycles. The highest BCUT2D eigenvalue weighted by molar-refractivity contribution is 6.42. The number of Topliss-reactive ketones (excluding diaryl/α,β-unsaturated/α-hetero) is 1. The monoisotopic (exact) mass is 268 g/mol. The highest BCUT2D eigenvalue weighted by atomic mass is 16.6. The van der Waals surface area contributed by atoms with Crippen molar-refractivity contribution < 1.29 is 19.1 Å². The van der Waals surface area contributed by atoms with Crippen LogP contribution in [0.15, 0.2) is 54.6 Å². The van der Waals surface area contributed by atoms with Crippen molar-refractivity contribution in [1.29, 1.82) is 0 Å². The fourth-order valence-electron chi connectivity index (χ4n) is 1.70. The molecule has 2 aromatic carbocycles. The number of hydrogen-bond donors (Lipinski definition) is 0. The first kappa shape index (κ1) is 13.7. The van der Waals surface area contributed by atoms with Gasteiger partial charge in [0.1, 0.15) is 0 Å². The predicted molar refractivity (Wildman–Crippen MR) is 72.4 cm³/mol. The third-order valence-corrected chi connectivity index (χ3v) is 2.77. The summed E-state index contributed by atoms with van der Waals surface area (Å²) in [5.74, 6) is -2.84. The number of carbonyl (C=O) groups excluding carboxylic acids is 3. The molecule has 0 radical (unpaired) electrons. The quantitative estimate of drug-likeness (QED) is 0.371. The van der Waals surface area contributed by atoms with Crippen LogP contribution >= 0.6 is 0 Å². The second-order valence-corrected chi connectivity index (χ2v) is 4.19. The summed E-state index contributed by atoms with van der Waals surface area (Å²) < 4.78 is 4.58. The maximum Gasteiger partial charge on any atom is 0.387 e. The zero-order valence-electron chi connectivity index (χ0n) is 10.8. The second kappa shape index (κ2) is 5.93. The Balaban J connectivity index is 2.11. The molecule has 0 heterocycles. The van der Waals surface area contributed by atoms with Gasteiger partial charge in [-0.1, -0.05) is 42.5 Å². The number of ether oxygens (including phenoxy) is 1. The summed E-state index contributed by atoms with van der Waals surface area (Å²) in [7, 11) is 0. The number of hydrogen-bond acceptors (Lipinski definition) is 4. The van der Waals surface area contributed by atoms with E-state index in [2.05, 4.69) is 4.74 Å². The van der Waals surface area contributed by atoms with Crippen LogP contribution in [0.5, 0.6) is 0 Å². The summed E-state index contributed by atoms with van der Waals surface area (Å²) in [5, 5.41) is 0. The predicted octanol–water partition coefficient (Wildman–Crippen LogP) is 2.56. The van der Waals surface area contributed by atoms with Crippen LogP contribution in [0.2, 0.25) is 0 Å². The van der Waals surface area contributed by atoms with Gasteiger partial charge in [-0.2, -0.15) is 0 Å². The van der Waals surface area contributed by atoms with E-state index in [1.807, 2.05) is 0 Å². The van der Waals surface area contributed by atoms with Gasteiger partial charge in [-0.3, -0.25) is 4.79 Å². The van der Waals surface area contributed by atoms with E-state index in [-0.39, 0.29) is 11.1 Å². The molecule has 20 heavy (non-hydrogen) atoms. The van der Waals surface area contributed by atoms with Crippen molar-refractivity contribution in [3.05, 3.63) is 71.3 Å². The molecule has 0 amide bonds. The largest absolute Gasteiger partial charge is 0.387 e. The number of aryl methyl sites for hydroxylation is 1. The first-order valence-electron chi connectivity index (χ1n) is 6.01. The first-order chi connectivity index (χ1) is 9.59. The minimum atomic E-state index is -1.17. The van der Waals surface area contributed by atoms with Gasteiger partial charge < -0.3 is 4.74 Å². The van der Waals surface area contributed by atoms with E-state index in [1.54, 1.807) is 43.3 Å². The molecule has 0 atom stereocenters. The SMILES string of the molecule is Cc1ccccc1C(=O)C(=O)OC(=O)c1ccccc1. The van der Waals surface area contributed by atoms with Gasteiger partial charge in [0.15, 0.2) is 0 Å². The average molecular weight is 268 g/mol. The van der Waals surface area contributed by atoms with Crippen LogP contribution in [0.4, 0.5) is 0 Å². The van der Waals surface area contributed by atoms with Crippen LogP contribution in [-0.2, 0) is 9.53 Å². The Kier molecular flexibility index (Phi) is 4.05. The summed E-state index contributed by atoms with van der Waals surface area (Å²) in [5.41, 5.74) is 1.11. The molecule has 0 bridgehead atoms. The van der Waals surface area contributed by atoms with E-state index in [0.29, 0.717) is 5.56 Å². The highest BCUT2D eigenvalue weighted by Gasteiger charge is 2.23. The van der Waals surface area contributed by atoms with E-state index < -0.39 is 17.7 Å². The lowest BCUT2D eigenvalue weighted by atomic mass is 10.1. The van der Waals surface area contributed by atoms with Crippen molar-refractivity contribution in [2.24, 2.45) is 0 Å². The summed E-state index contributed by atoms with van der Waals surface area (Å²) in [6.45, 7) is 1.71.